The van der Waals surface area contributed by atoms with Gasteiger partial charge in [0.15, 0.2) is 5.82 Å². The number of halogens is 1. The molecule has 118 valence electrons. The van der Waals surface area contributed by atoms with Gasteiger partial charge in [0, 0.05) is 16.7 Å². The molecule has 0 spiro atoms. The molecule has 0 saturated heterocycles. The summed E-state index contributed by atoms with van der Waals surface area (Å²) in [6, 6.07) is 1.42. The van der Waals surface area contributed by atoms with Crippen LogP contribution in [0.5, 0.6) is 0 Å². The molecule has 1 saturated carbocycles. The van der Waals surface area contributed by atoms with Gasteiger partial charge in [0.2, 0.25) is 10.0 Å². The van der Waals surface area contributed by atoms with E-state index in [-0.39, 0.29) is 22.2 Å². The normalized spacial score (nSPS) is 22.0. The second-order valence-electron chi connectivity index (χ2n) is 6.05. The average molecular weight is 377 g/mol. The van der Waals surface area contributed by atoms with Crippen LogP contribution in [0.15, 0.2) is 21.6 Å². The van der Waals surface area contributed by atoms with Gasteiger partial charge in [-0.15, -0.1) is 0 Å². The van der Waals surface area contributed by atoms with E-state index in [2.05, 4.69) is 44.9 Å². The number of hydrogen-bond donors (Lipinski definition) is 3. The van der Waals surface area contributed by atoms with Crippen molar-refractivity contribution in [1.82, 2.24) is 9.71 Å². The summed E-state index contributed by atoms with van der Waals surface area (Å²) in [6.07, 6.45) is 5.53. The highest BCUT2D eigenvalue weighted by Crippen LogP contribution is 2.36. The van der Waals surface area contributed by atoms with Crippen molar-refractivity contribution in [3.63, 3.8) is 0 Å². The van der Waals surface area contributed by atoms with Crippen LogP contribution >= 0.6 is 15.9 Å². The standard InChI is InChI=1S/C13H21BrN4O2S/c1-13(2)6-4-3-5-11(13)18-21(19,20)10-7-9(14)8-16-12(10)17-15/h7-8,11,18H,3-6,15H2,1-2H3,(H,16,17). The molecule has 1 aliphatic carbocycles. The maximum Gasteiger partial charge on any atom is 0.244 e. The Morgan fingerprint density at radius 3 is 2.76 bits per heavy atom. The van der Waals surface area contributed by atoms with Crippen LogP contribution in [0.1, 0.15) is 39.5 Å². The molecule has 0 aliphatic heterocycles. The molecule has 6 nitrogen and oxygen atoms in total. The summed E-state index contributed by atoms with van der Waals surface area (Å²) in [4.78, 5) is 4.05. The van der Waals surface area contributed by atoms with E-state index in [1.54, 1.807) is 0 Å². The van der Waals surface area contributed by atoms with Crippen molar-refractivity contribution in [2.75, 3.05) is 5.43 Å². The molecule has 4 N–H and O–H groups in total. The van der Waals surface area contributed by atoms with Crippen molar-refractivity contribution in [2.45, 2.75) is 50.5 Å². The van der Waals surface area contributed by atoms with Gasteiger partial charge in [0.25, 0.3) is 0 Å². The number of pyridine rings is 1. The molecular weight excluding hydrogens is 356 g/mol. The largest absolute Gasteiger partial charge is 0.307 e. The van der Waals surface area contributed by atoms with Gasteiger partial charge in [-0.3, -0.25) is 0 Å². The molecule has 1 unspecified atom stereocenters. The van der Waals surface area contributed by atoms with Crippen LogP contribution in [-0.4, -0.2) is 19.4 Å². The topological polar surface area (TPSA) is 97.1 Å². The summed E-state index contributed by atoms with van der Waals surface area (Å²) in [7, 11) is -3.68. The van der Waals surface area contributed by atoms with Crippen LogP contribution in [0, 0.1) is 5.41 Å². The van der Waals surface area contributed by atoms with Crippen LogP contribution in [0.25, 0.3) is 0 Å². The molecule has 1 fully saturated rings. The maximum absolute atomic E-state index is 12.7. The lowest BCUT2D eigenvalue weighted by atomic mass is 9.74. The number of hydrazine groups is 1. The predicted molar refractivity (Wildman–Crippen MR) is 86.1 cm³/mol. The van der Waals surface area contributed by atoms with Crippen LogP contribution in [-0.2, 0) is 10.0 Å². The fraction of sp³-hybridized carbons (Fsp3) is 0.615. The van der Waals surface area contributed by atoms with Crippen LogP contribution in [0.2, 0.25) is 0 Å². The van der Waals surface area contributed by atoms with Crippen molar-refractivity contribution in [2.24, 2.45) is 11.3 Å². The summed E-state index contributed by atoms with van der Waals surface area (Å²) >= 11 is 3.24. The molecule has 1 aromatic rings. The smallest absolute Gasteiger partial charge is 0.244 e. The van der Waals surface area contributed by atoms with Crippen molar-refractivity contribution >= 4 is 31.8 Å². The zero-order chi connectivity index (χ0) is 15.7. The Balaban J connectivity index is 2.32. The van der Waals surface area contributed by atoms with Crippen LogP contribution < -0.4 is 16.0 Å². The minimum absolute atomic E-state index is 0.0545. The first-order valence-electron chi connectivity index (χ1n) is 6.91. The Morgan fingerprint density at radius 1 is 1.43 bits per heavy atom. The van der Waals surface area contributed by atoms with Crippen LogP contribution in [0.4, 0.5) is 5.82 Å². The van der Waals surface area contributed by atoms with Crippen molar-refractivity contribution < 1.29 is 8.42 Å². The molecule has 0 radical (unpaired) electrons. The zero-order valence-corrected chi connectivity index (χ0v) is 14.6. The Morgan fingerprint density at radius 2 is 2.14 bits per heavy atom. The minimum atomic E-state index is -3.68. The quantitative estimate of drug-likeness (QED) is 0.553. The number of anilines is 1. The zero-order valence-electron chi connectivity index (χ0n) is 12.2. The van der Waals surface area contributed by atoms with Gasteiger partial charge in [-0.1, -0.05) is 26.7 Å². The highest BCUT2D eigenvalue weighted by atomic mass is 79.9. The first kappa shape index (κ1) is 16.7. The molecule has 1 aliphatic rings. The van der Waals surface area contributed by atoms with E-state index in [4.69, 9.17) is 5.84 Å². The number of sulfonamides is 1. The Hall–Kier alpha value is -0.700. The number of hydrogen-bond acceptors (Lipinski definition) is 5. The Kier molecular flexibility index (Phi) is 4.92. The summed E-state index contributed by atoms with van der Waals surface area (Å²) in [5, 5.41) is 0. The summed E-state index contributed by atoms with van der Waals surface area (Å²) in [5.41, 5.74) is 2.28. The third-order valence-corrected chi connectivity index (χ3v) is 5.97. The molecule has 1 aromatic heterocycles. The van der Waals surface area contributed by atoms with E-state index in [9.17, 15) is 8.42 Å². The molecule has 8 heteroatoms. The van der Waals surface area contributed by atoms with Crippen molar-refractivity contribution in [3.8, 4) is 0 Å². The SMILES string of the molecule is CC1(C)CCCCC1NS(=O)(=O)c1cc(Br)cnc1NN. The maximum atomic E-state index is 12.7. The molecular formula is C13H21BrN4O2S. The lowest BCUT2D eigenvalue weighted by Crippen LogP contribution is -2.46. The summed E-state index contributed by atoms with van der Waals surface area (Å²) in [6.45, 7) is 4.20. The van der Waals surface area contributed by atoms with Crippen LogP contribution in [0.3, 0.4) is 0 Å². The number of nitrogen functional groups attached to an aromatic ring is 1. The predicted octanol–water partition coefficient (Wildman–Crippen LogP) is 2.38. The lowest BCUT2D eigenvalue weighted by Gasteiger charge is -2.38. The molecule has 21 heavy (non-hydrogen) atoms. The fourth-order valence-electron chi connectivity index (χ4n) is 2.70. The fourth-order valence-corrected chi connectivity index (χ4v) is 4.77. The average Bonchev–Trinajstić information content (AvgIpc) is 2.41. The second kappa shape index (κ2) is 6.20. The molecule has 0 bridgehead atoms. The number of rotatable bonds is 4. The Labute approximate surface area is 134 Å². The summed E-state index contributed by atoms with van der Waals surface area (Å²) in [5.74, 6) is 5.50. The van der Waals surface area contributed by atoms with Crippen molar-refractivity contribution in [3.05, 3.63) is 16.7 Å². The number of aromatic nitrogens is 1. The van der Waals surface area contributed by atoms with Gasteiger partial charge in [0.05, 0.1) is 0 Å². The van der Waals surface area contributed by atoms with E-state index in [1.807, 2.05) is 0 Å². The molecule has 1 atom stereocenters. The monoisotopic (exact) mass is 376 g/mol. The van der Waals surface area contributed by atoms with Gasteiger partial charge >= 0.3 is 0 Å². The third-order valence-electron chi connectivity index (χ3n) is 4.05. The highest BCUT2D eigenvalue weighted by Gasteiger charge is 2.36. The molecule has 1 heterocycles. The molecule has 2 rings (SSSR count). The first-order valence-corrected chi connectivity index (χ1v) is 9.18. The first-order chi connectivity index (χ1) is 9.76. The van der Waals surface area contributed by atoms with Crippen molar-refractivity contribution in [1.29, 1.82) is 0 Å². The van der Waals surface area contributed by atoms with E-state index in [1.165, 1.54) is 12.3 Å². The van der Waals surface area contributed by atoms with E-state index >= 15 is 0 Å². The number of nitrogens with zero attached hydrogens (tertiary/aromatic N) is 1. The van der Waals surface area contributed by atoms with Gasteiger partial charge in [-0.05, 0) is 40.3 Å². The van der Waals surface area contributed by atoms with Gasteiger partial charge in [-0.25, -0.2) is 24.0 Å². The van der Waals surface area contributed by atoms with E-state index in [0.29, 0.717) is 4.47 Å². The number of nitrogens with one attached hydrogen (secondary N) is 2. The molecule has 0 aromatic carbocycles. The van der Waals surface area contributed by atoms with Gasteiger partial charge < -0.3 is 5.43 Å². The number of nitrogens with two attached hydrogens (primary N) is 1. The third kappa shape index (κ3) is 3.74. The molecule has 0 amide bonds. The van der Waals surface area contributed by atoms with Gasteiger partial charge in [0.1, 0.15) is 4.90 Å². The lowest BCUT2D eigenvalue weighted by molar-refractivity contribution is 0.188. The van der Waals surface area contributed by atoms with E-state index < -0.39 is 10.0 Å². The van der Waals surface area contributed by atoms with E-state index in [0.717, 1.165) is 25.7 Å². The minimum Gasteiger partial charge on any atom is -0.307 e. The summed E-state index contributed by atoms with van der Waals surface area (Å²) < 4.78 is 28.7. The second-order valence-corrected chi connectivity index (χ2v) is 8.65. The van der Waals surface area contributed by atoms with Gasteiger partial charge in [-0.2, -0.15) is 0 Å². The Bertz CT molecular complexity index is 619. The highest BCUT2D eigenvalue weighted by molar-refractivity contribution is 9.10.